The minimum atomic E-state index is -3.36. The van der Waals surface area contributed by atoms with E-state index in [2.05, 4.69) is 20.0 Å². The quantitative estimate of drug-likeness (QED) is 0.907. The molecule has 2 rings (SSSR count). The molecule has 0 radical (unpaired) electrons. The van der Waals surface area contributed by atoms with Crippen LogP contribution in [-0.2, 0) is 12.3 Å². The third-order valence-corrected chi connectivity index (χ3v) is 3.14. The molecule has 1 unspecified atom stereocenters. The largest absolute Gasteiger partial charge is 0.350 e. The molecule has 1 aromatic heterocycles. The first kappa shape index (κ1) is 17.8. The molecule has 0 aliphatic carbocycles. The van der Waals surface area contributed by atoms with Gasteiger partial charge < -0.3 is 9.84 Å². The summed E-state index contributed by atoms with van der Waals surface area (Å²) >= 11 is 5.72. The number of hydrogen-bond acceptors (Lipinski definition) is 4. The lowest BCUT2D eigenvalue weighted by atomic mass is 10.1. The monoisotopic (exact) mass is 337 g/mol. The number of halogens is 4. The van der Waals surface area contributed by atoms with Crippen molar-refractivity contribution in [1.29, 1.82) is 0 Å². The van der Waals surface area contributed by atoms with Crippen molar-refractivity contribution in [2.75, 3.05) is 7.05 Å². The van der Waals surface area contributed by atoms with Crippen molar-refractivity contribution in [3.8, 4) is 0 Å². The van der Waals surface area contributed by atoms with Crippen molar-refractivity contribution in [2.24, 2.45) is 0 Å². The van der Waals surface area contributed by atoms with Crippen LogP contribution in [0.15, 0.2) is 28.8 Å². The van der Waals surface area contributed by atoms with E-state index in [4.69, 9.17) is 11.6 Å². The molecular formula is C13H15Cl2F2N3O. The second kappa shape index (κ2) is 7.15. The summed E-state index contributed by atoms with van der Waals surface area (Å²) in [7, 11) is 1.77. The van der Waals surface area contributed by atoms with Crippen LogP contribution in [0.5, 0.6) is 0 Å². The van der Waals surface area contributed by atoms with Gasteiger partial charge in [-0.25, -0.2) is 0 Å². The van der Waals surface area contributed by atoms with Gasteiger partial charge in [0.2, 0.25) is 0 Å². The predicted molar refractivity (Wildman–Crippen MR) is 78.2 cm³/mol. The van der Waals surface area contributed by atoms with Crippen molar-refractivity contribution in [2.45, 2.75) is 25.3 Å². The maximum Gasteiger partial charge on any atom is 0.350 e. The zero-order valence-corrected chi connectivity index (χ0v) is 13.0. The lowest BCUT2D eigenvalue weighted by Crippen LogP contribution is -2.24. The van der Waals surface area contributed by atoms with E-state index < -0.39 is 11.8 Å². The highest BCUT2D eigenvalue weighted by Gasteiger charge is 2.40. The van der Waals surface area contributed by atoms with Crippen LogP contribution in [0.25, 0.3) is 0 Å². The molecule has 0 aliphatic rings. The molecule has 1 N–H and O–H groups in total. The van der Waals surface area contributed by atoms with Gasteiger partial charge in [-0.1, -0.05) is 28.9 Å². The summed E-state index contributed by atoms with van der Waals surface area (Å²) in [6.07, 6.45) is 0.408. The highest BCUT2D eigenvalue weighted by Crippen LogP contribution is 2.35. The zero-order chi connectivity index (χ0) is 14.8. The van der Waals surface area contributed by atoms with Gasteiger partial charge in [0.25, 0.3) is 0 Å². The van der Waals surface area contributed by atoms with E-state index in [9.17, 15) is 8.78 Å². The van der Waals surface area contributed by atoms with Crippen LogP contribution >= 0.6 is 24.0 Å². The lowest BCUT2D eigenvalue weighted by molar-refractivity contribution is 0.00762. The van der Waals surface area contributed by atoms with Crippen molar-refractivity contribution in [3.05, 3.63) is 46.6 Å². The fourth-order valence-electron chi connectivity index (χ4n) is 1.65. The van der Waals surface area contributed by atoms with Crippen molar-refractivity contribution < 1.29 is 13.3 Å². The summed E-state index contributed by atoms with van der Waals surface area (Å²) in [5, 5.41) is 6.78. The second-order valence-electron chi connectivity index (χ2n) is 4.49. The molecule has 1 heterocycles. The topological polar surface area (TPSA) is 51.0 Å². The van der Waals surface area contributed by atoms with Gasteiger partial charge in [-0.2, -0.15) is 13.8 Å². The Hall–Kier alpha value is -1.24. The van der Waals surface area contributed by atoms with Crippen molar-refractivity contribution >= 4 is 24.0 Å². The Morgan fingerprint density at radius 1 is 1.43 bits per heavy atom. The summed E-state index contributed by atoms with van der Waals surface area (Å²) in [6.45, 7) is 1.89. The number of hydrogen-bond donors (Lipinski definition) is 1. The Bertz CT molecular complexity index is 592. The third-order valence-electron chi connectivity index (χ3n) is 2.91. The first-order valence-electron chi connectivity index (χ1n) is 6.07. The van der Waals surface area contributed by atoms with Gasteiger partial charge in [-0.3, -0.25) is 0 Å². The Kier molecular flexibility index (Phi) is 6.07. The maximum atomic E-state index is 14.2. The average molecular weight is 338 g/mol. The first-order valence-corrected chi connectivity index (χ1v) is 6.45. The molecule has 8 heteroatoms. The number of alkyl halides is 2. The molecule has 4 nitrogen and oxygen atoms in total. The molecule has 0 fully saturated rings. The molecule has 1 atom stereocenters. The zero-order valence-electron chi connectivity index (χ0n) is 11.4. The highest BCUT2D eigenvalue weighted by atomic mass is 35.5. The summed E-state index contributed by atoms with van der Waals surface area (Å²) in [5.41, 5.74) is -0.276. The number of rotatable bonds is 5. The van der Waals surface area contributed by atoms with Crippen molar-refractivity contribution in [3.63, 3.8) is 0 Å². The Morgan fingerprint density at radius 2 is 2.14 bits per heavy atom. The van der Waals surface area contributed by atoms with E-state index in [1.807, 2.05) is 6.92 Å². The molecule has 21 heavy (non-hydrogen) atoms. The molecule has 0 spiro atoms. The number of nitrogens with one attached hydrogen (secondary N) is 1. The molecule has 0 amide bonds. The number of aromatic nitrogens is 2. The van der Waals surface area contributed by atoms with Crippen molar-refractivity contribution in [1.82, 2.24) is 15.5 Å². The fraction of sp³-hybridized carbons (Fsp3) is 0.385. The third kappa shape index (κ3) is 4.12. The summed E-state index contributed by atoms with van der Waals surface area (Å²) < 4.78 is 33.1. The molecule has 2 aromatic rings. The van der Waals surface area contributed by atoms with E-state index in [1.54, 1.807) is 7.05 Å². The van der Waals surface area contributed by atoms with Gasteiger partial charge in [0.05, 0.1) is 0 Å². The molecule has 0 bridgehead atoms. The van der Waals surface area contributed by atoms with Crippen LogP contribution in [0.2, 0.25) is 5.02 Å². The van der Waals surface area contributed by atoms with Crippen LogP contribution < -0.4 is 5.32 Å². The van der Waals surface area contributed by atoms with Crippen LogP contribution in [0.1, 0.15) is 24.2 Å². The molecule has 116 valence electrons. The predicted octanol–water partition coefficient (Wildman–Crippen LogP) is 3.44. The molecule has 0 saturated heterocycles. The van der Waals surface area contributed by atoms with E-state index in [1.165, 1.54) is 24.3 Å². The Labute approximate surface area is 132 Å². The summed E-state index contributed by atoms with van der Waals surface area (Å²) in [6, 6.07) is 5.49. The molecular weight excluding hydrogens is 323 g/mol. The van der Waals surface area contributed by atoms with Gasteiger partial charge in [0, 0.05) is 23.0 Å². The SMILES string of the molecule is CNC(C)Cc1noc(C(F)(F)c2cccc(Cl)c2)n1.Cl. The average Bonchev–Trinajstić information content (AvgIpc) is 2.87. The number of benzene rings is 1. The van der Waals surface area contributed by atoms with E-state index in [-0.39, 0.29) is 34.9 Å². The van der Waals surface area contributed by atoms with Crippen LogP contribution in [-0.4, -0.2) is 23.2 Å². The minimum Gasteiger partial charge on any atom is -0.332 e. The number of likely N-dealkylation sites (N-methyl/N-ethyl adjacent to an activating group) is 1. The van der Waals surface area contributed by atoms with E-state index in [0.717, 1.165) is 0 Å². The van der Waals surface area contributed by atoms with Gasteiger partial charge >= 0.3 is 11.8 Å². The maximum absolute atomic E-state index is 14.2. The van der Waals surface area contributed by atoms with Gasteiger partial charge in [-0.05, 0) is 26.1 Å². The first-order chi connectivity index (χ1) is 9.43. The van der Waals surface area contributed by atoms with Gasteiger partial charge in [0.1, 0.15) is 0 Å². The normalized spacial score (nSPS) is 12.8. The van der Waals surface area contributed by atoms with Gasteiger partial charge in [0.15, 0.2) is 5.82 Å². The Balaban J connectivity index is 0.00000220. The van der Waals surface area contributed by atoms with Crippen LogP contribution in [0.3, 0.4) is 0 Å². The highest BCUT2D eigenvalue weighted by molar-refractivity contribution is 6.30. The second-order valence-corrected chi connectivity index (χ2v) is 4.93. The van der Waals surface area contributed by atoms with Gasteiger partial charge in [-0.15, -0.1) is 12.4 Å². The van der Waals surface area contributed by atoms with E-state index >= 15 is 0 Å². The fourth-order valence-corrected chi connectivity index (χ4v) is 1.84. The van der Waals surface area contributed by atoms with E-state index in [0.29, 0.717) is 6.42 Å². The lowest BCUT2D eigenvalue weighted by Gasteiger charge is -2.11. The summed E-state index contributed by atoms with van der Waals surface area (Å²) in [4.78, 5) is 3.77. The molecule has 0 saturated carbocycles. The summed E-state index contributed by atoms with van der Waals surface area (Å²) in [5.74, 6) is -3.85. The molecule has 0 aliphatic heterocycles. The Morgan fingerprint density at radius 3 is 2.76 bits per heavy atom. The number of nitrogens with zero attached hydrogens (tertiary/aromatic N) is 2. The van der Waals surface area contributed by atoms with Crippen LogP contribution in [0.4, 0.5) is 8.78 Å². The smallest absolute Gasteiger partial charge is 0.332 e. The minimum absolute atomic E-state index is 0. The standard InChI is InChI=1S/C13H14ClF2N3O.ClH/c1-8(17-2)6-11-18-12(20-19-11)13(15,16)9-4-3-5-10(14)7-9;/h3-5,7-8,17H,6H2,1-2H3;1H. The van der Waals surface area contributed by atoms with Crippen LogP contribution in [0, 0.1) is 0 Å². The molecule has 1 aromatic carbocycles.